The monoisotopic (exact) mass is 270 g/mol. The number of carbonyl (C=O) groups is 1. The van der Waals surface area contributed by atoms with Crippen LogP contribution in [-0.4, -0.2) is 6.09 Å². The smallest absolute Gasteiger partial charge is 0.422 e. The van der Waals surface area contributed by atoms with Crippen LogP contribution in [0.25, 0.3) is 11.1 Å². The van der Waals surface area contributed by atoms with Crippen molar-refractivity contribution in [1.29, 1.82) is 0 Å². The minimum absolute atomic E-state index is 0.651. The van der Waals surface area contributed by atoms with Gasteiger partial charge in [-0.25, -0.2) is 10.6 Å². The van der Waals surface area contributed by atoms with Crippen molar-refractivity contribution in [3.63, 3.8) is 0 Å². The minimum Gasteiger partial charge on any atom is -0.438 e. The molecule has 104 valence electrons. The highest BCUT2D eigenvalue weighted by molar-refractivity contribution is 5.67. The summed E-state index contributed by atoms with van der Waals surface area (Å²) in [5.74, 6) is 5.03. The van der Waals surface area contributed by atoms with E-state index in [4.69, 9.17) is 10.6 Å². The van der Waals surface area contributed by atoms with Gasteiger partial charge in [-0.15, -0.1) is 0 Å². The number of benzene rings is 2. The van der Waals surface area contributed by atoms with Crippen molar-refractivity contribution in [2.24, 2.45) is 5.84 Å². The first-order chi connectivity index (χ1) is 9.53. The van der Waals surface area contributed by atoms with Gasteiger partial charge < -0.3 is 4.74 Å². The van der Waals surface area contributed by atoms with Crippen LogP contribution in [0.5, 0.6) is 0 Å². The lowest BCUT2D eigenvalue weighted by Crippen LogP contribution is -2.36. The Labute approximate surface area is 118 Å². The topological polar surface area (TPSA) is 64.3 Å². The first-order valence-electron chi connectivity index (χ1n) is 6.38. The van der Waals surface area contributed by atoms with Gasteiger partial charge in [-0.1, -0.05) is 54.6 Å². The van der Waals surface area contributed by atoms with E-state index in [-0.39, 0.29) is 0 Å². The van der Waals surface area contributed by atoms with E-state index in [9.17, 15) is 4.79 Å². The number of hydrazine groups is 1. The van der Waals surface area contributed by atoms with Gasteiger partial charge in [0, 0.05) is 0 Å². The molecule has 0 heterocycles. The van der Waals surface area contributed by atoms with Crippen LogP contribution in [0.3, 0.4) is 0 Å². The third-order valence-corrected chi connectivity index (χ3v) is 3.15. The number of nitrogens with two attached hydrogens (primary N) is 1. The SMILES string of the molecule is CC(C)(OC(=O)NN)c1ccc(-c2ccccc2)cc1. The second-order valence-electron chi connectivity index (χ2n) is 4.99. The molecule has 0 aliphatic carbocycles. The fraction of sp³-hybridized carbons (Fsp3) is 0.188. The zero-order valence-electron chi connectivity index (χ0n) is 11.6. The molecule has 0 bridgehead atoms. The van der Waals surface area contributed by atoms with Crippen LogP contribution in [0.4, 0.5) is 4.79 Å². The Bertz CT molecular complexity index is 577. The van der Waals surface area contributed by atoms with E-state index in [1.54, 1.807) is 0 Å². The summed E-state index contributed by atoms with van der Waals surface area (Å²) >= 11 is 0. The standard InChI is InChI=1S/C16H18N2O2/c1-16(2,20-15(19)18-17)14-10-8-13(9-11-14)12-6-4-3-5-7-12/h3-11H,17H2,1-2H3,(H,18,19). The Morgan fingerprint density at radius 2 is 1.55 bits per heavy atom. The van der Waals surface area contributed by atoms with Crippen LogP contribution in [0.1, 0.15) is 19.4 Å². The van der Waals surface area contributed by atoms with Crippen LogP contribution < -0.4 is 11.3 Å². The van der Waals surface area contributed by atoms with E-state index in [0.717, 1.165) is 16.7 Å². The van der Waals surface area contributed by atoms with Gasteiger partial charge in [-0.05, 0) is 30.5 Å². The Kier molecular flexibility index (Phi) is 4.05. The molecule has 0 aromatic heterocycles. The summed E-state index contributed by atoms with van der Waals surface area (Å²) in [5, 5.41) is 0. The van der Waals surface area contributed by atoms with Gasteiger partial charge in [0.25, 0.3) is 0 Å². The van der Waals surface area contributed by atoms with Crippen molar-refractivity contribution in [3.8, 4) is 11.1 Å². The molecule has 0 saturated heterocycles. The fourth-order valence-electron chi connectivity index (χ4n) is 2.01. The molecule has 0 saturated carbocycles. The number of ether oxygens (including phenoxy) is 1. The van der Waals surface area contributed by atoms with Gasteiger partial charge in [-0.2, -0.15) is 0 Å². The van der Waals surface area contributed by atoms with E-state index in [1.807, 2.05) is 61.7 Å². The van der Waals surface area contributed by atoms with Gasteiger partial charge in [-0.3, -0.25) is 5.43 Å². The molecule has 0 unspecified atom stereocenters. The molecule has 1 amide bonds. The first kappa shape index (κ1) is 14.1. The molecule has 0 atom stereocenters. The number of hydrogen-bond acceptors (Lipinski definition) is 3. The summed E-state index contributed by atoms with van der Waals surface area (Å²) in [6, 6.07) is 18.0. The predicted molar refractivity (Wildman–Crippen MR) is 78.7 cm³/mol. The fourth-order valence-corrected chi connectivity index (χ4v) is 2.01. The maximum absolute atomic E-state index is 11.2. The molecule has 3 N–H and O–H groups in total. The summed E-state index contributed by atoms with van der Waals surface area (Å²) in [6.07, 6.45) is -0.651. The Hall–Kier alpha value is -2.33. The number of carbonyl (C=O) groups excluding carboxylic acids is 1. The molecule has 2 rings (SSSR count). The van der Waals surface area contributed by atoms with E-state index in [1.165, 1.54) is 0 Å². The van der Waals surface area contributed by atoms with Crippen LogP contribution >= 0.6 is 0 Å². The maximum atomic E-state index is 11.2. The Balaban J connectivity index is 2.22. The molecule has 0 spiro atoms. The second-order valence-corrected chi connectivity index (χ2v) is 4.99. The molecule has 0 fully saturated rings. The molecule has 0 aliphatic rings. The summed E-state index contributed by atoms with van der Waals surface area (Å²) in [6.45, 7) is 3.64. The highest BCUT2D eigenvalue weighted by Gasteiger charge is 2.24. The first-order valence-corrected chi connectivity index (χ1v) is 6.38. The Morgan fingerprint density at radius 1 is 1.00 bits per heavy atom. The van der Waals surface area contributed by atoms with Gasteiger partial charge in [0.1, 0.15) is 5.60 Å². The predicted octanol–water partition coefficient (Wildman–Crippen LogP) is 3.19. The zero-order chi connectivity index (χ0) is 14.6. The largest absolute Gasteiger partial charge is 0.438 e. The van der Waals surface area contributed by atoms with Gasteiger partial charge in [0.2, 0.25) is 0 Å². The van der Waals surface area contributed by atoms with Crippen molar-refractivity contribution in [3.05, 3.63) is 60.2 Å². The summed E-state index contributed by atoms with van der Waals surface area (Å²) < 4.78 is 5.24. The van der Waals surface area contributed by atoms with E-state index in [2.05, 4.69) is 12.1 Å². The quantitative estimate of drug-likeness (QED) is 0.511. The van der Waals surface area contributed by atoms with Crippen molar-refractivity contribution >= 4 is 6.09 Å². The molecule has 4 heteroatoms. The molecule has 4 nitrogen and oxygen atoms in total. The highest BCUT2D eigenvalue weighted by atomic mass is 16.6. The molecular formula is C16H18N2O2. The molecule has 2 aromatic rings. The second kappa shape index (κ2) is 5.75. The van der Waals surface area contributed by atoms with E-state index < -0.39 is 11.7 Å². The van der Waals surface area contributed by atoms with Crippen molar-refractivity contribution < 1.29 is 9.53 Å². The van der Waals surface area contributed by atoms with Crippen molar-refractivity contribution in [2.45, 2.75) is 19.4 Å². The lowest BCUT2D eigenvalue weighted by atomic mass is 9.95. The molecule has 0 aliphatic heterocycles. The average molecular weight is 270 g/mol. The molecule has 0 radical (unpaired) electrons. The Morgan fingerprint density at radius 3 is 2.10 bits per heavy atom. The highest BCUT2D eigenvalue weighted by Crippen LogP contribution is 2.27. The minimum atomic E-state index is -0.737. The van der Waals surface area contributed by atoms with Crippen LogP contribution in [0.2, 0.25) is 0 Å². The lowest BCUT2D eigenvalue weighted by Gasteiger charge is -2.25. The van der Waals surface area contributed by atoms with Crippen LogP contribution in [0.15, 0.2) is 54.6 Å². The average Bonchev–Trinajstić information content (AvgIpc) is 2.48. The van der Waals surface area contributed by atoms with Crippen LogP contribution in [-0.2, 0) is 10.3 Å². The number of rotatable bonds is 3. The van der Waals surface area contributed by atoms with Gasteiger partial charge >= 0.3 is 6.09 Å². The number of nitrogens with one attached hydrogen (secondary N) is 1. The number of amides is 1. The molecular weight excluding hydrogens is 252 g/mol. The summed E-state index contributed by atoms with van der Waals surface area (Å²) in [4.78, 5) is 11.2. The lowest BCUT2D eigenvalue weighted by molar-refractivity contribution is 0.0364. The van der Waals surface area contributed by atoms with E-state index in [0.29, 0.717) is 0 Å². The number of hydrogen-bond donors (Lipinski definition) is 2. The zero-order valence-corrected chi connectivity index (χ0v) is 11.6. The third kappa shape index (κ3) is 3.16. The van der Waals surface area contributed by atoms with E-state index >= 15 is 0 Å². The third-order valence-electron chi connectivity index (χ3n) is 3.15. The summed E-state index contributed by atoms with van der Waals surface area (Å²) in [5.41, 5.74) is 4.40. The molecule has 2 aromatic carbocycles. The van der Waals surface area contributed by atoms with Crippen molar-refractivity contribution in [1.82, 2.24) is 5.43 Å². The van der Waals surface area contributed by atoms with Gasteiger partial charge in [0.05, 0.1) is 0 Å². The van der Waals surface area contributed by atoms with Crippen molar-refractivity contribution in [2.75, 3.05) is 0 Å². The van der Waals surface area contributed by atoms with Gasteiger partial charge in [0.15, 0.2) is 0 Å². The van der Waals surface area contributed by atoms with Crippen LogP contribution in [0, 0.1) is 0 Å². The normalized spacial score (nSPS) is 10.9. The molecule has 20 heavy (non-hydrogen) atoms. The maximum Gasteiger partial charge on any atom is 0.422 e. The summed E-state index contributed by atoms with van der Waals surface area (Å²) in [7, 11) is 0.